The Morgan fingerprint density at radius 1 is 1.11 bits per heavy atom. The second-order valence-electron chi connectivity index (χ2n) is 5.69. The summed E-state index contributed by atoms with van der Waals surface area (Å²) in [5, 5.41) is 12.3. The molecule has 3 amide bonds. The summed E-state index contributed by atoms with van der Waals surface area (Å²) < 4.78 is 10.7. The van der Waals surface area contributed by atoms with Crippen LogP contribution in [0, 0.1) is 0 Å². The number of hydrogen-bond acceptors (Lipinski definition) is 6. The van der Waals surface area contributed by atoms with Gasteiger partial charge in [-0.1, -0.05) is 30.3 Å². The molecule has 8 heteroatoms. The van der Waals surface area contributed by atoms with Gasteiger partial charge in [-0.15, -0.1) is 10.2 Å². The number of rotatable bonds is 6. The zero-order valence-electron chi connectivity index (χ0n) is 14.6. The van der Waals surface area contributed by atoms with Crippen LogP contribution in [0.3, 0.4) is 0 Å². The molecule has 138 valence electrons. The Kier molecular flexibility index (Phi) is 5.78. The maximum atomic E-state index is 12.1. The molecule has 1 aromatic heterocycles. The summed E-state index contributed by atoms with van der Waals surface area (Å²) in [6, 6.07) is 15.7. The summed E-state index contributed by atoms with van der Waals surface area (Å²) in [6.45, 7) is 1.89. The Labute approximate surface area is 155 Å². The minimum absolute atomic E-state index is 0.326. The molecule has 2 aromatic carbocycles. The normalized spacial score (nSPS) is 11.4. The molecule has 3 rings (SSSR count). The van der Waals surface area contributed by atoms with Crippen LogP contribution >= 0.6 is 0 Å². The van der Waals surface area contributed by atoms with Crippen molar-refractivity contribution in [3.05, 3.63) is 66.6 Å². The van der Waals surface area contributed by atoms with Gasteiger partial charge in [-0.3, -0.25) is 10.1 Å². The fourth-order valence-electron chi connectivity index (χ4n) is 2.27. The third kappa shape index (κ3) is 5.15. The van der Waals surface area contributed by atoms with Crippen LogP contribution in [0.25, 0.3) is 11.5 Å². The van der Waals surface area contributed by atoms with Crippen LogP contribution in [0.4, 0.5) is 4.79 Å². The van der Waals surface area contributed by atoms with Crippen LogP contribution in [-0.4, -0.2) is 28.2 Å². The fourth-order valence-corrected chi connectivity index (χ4v) is 2.27. The van der Waals surface area contributed by atoms with Gasteiger partial charge in [0.1, 0.15) is 5.75 Å². The van der Waals surface area contributed by atoms with Gasteiger partial charge in [-0.25, -0.2) is 4.79 Å². The molecule has 0 bridgehead atoms. The van der Waals surface area contributed by atoms with Crippen LogP contribution in [0.15, 0.2) is 65.4 Å². The zero-order valence-corrected chi connectivity index (χ0v) is 14.6. The van der Waals surface area contributed by atoms with E-state index in [-0.39, 0.29) is 0 Å². The number of carbonyl (C=O) groups excluding carboxylic acids is 2. The van der Waals surface area contributed by atoms with Crippen LogP contribution in [0.2, 0.25) is 0 Å². The number of benzene rings is 2. The van der Waals surface area contributed by atoms with E-state index in [1.807, 2.05) is 30.3 Å². The quantitative estimate of drug-likeness (QED) is 0.694. The molecule has 2 N–H and O–H groups in total. The fraction of sp³-hybridized carbons (Fsp3) is 0.158. The summed E-state index contributed by atoms with van der Waals surface area (Å²) in [4.78, 5) is 23.9. The van der Waals surface area contributed by atoms with Crippen molar-refractivity contribution in [3.63, 3.8) is 0 Å². The van der Waals surface area contributed by atoms with Gasteiger partial charge in [0.25, 0.3) is 5.91 Å². The van der Waals surface area contributed by atoms with E-state index < -0.39 is 18.0 Å². The smallest absolute Gasteiger partial charge is 0.321 e. The molecule has 27 heavy (non-hydrogen) atoms. The number of aromatic nitrogens is 2. The Morgan fingerprint density at radius 3 is 2.52 bits per heavy atom. The van der Waals surface area contributed by atoms with E-state index in [0.717, 1.165) is 11.1 Å². The molecule has 0 unspecified atom stereocenters. The summed E-state index contributed by atoms with van der Waals surface area (Å²) in [6.07, 6.45) is 0.399. The number of carbonyl (C=O) groups is 2. The lowest BCUT2D eigenvalue weighted by atomic mass is 10.2. The second kappa shape index (κ2) is 8.61. The molecule has 8 nitrogen and oxygen atoms in total. The zero-order chi connectivity index (χ0) is 19.1. The average molecular weight is 366 g/mol. The highest BCUT2D eigenvalue weighted by atomic mass is 16.5. The van der Waals surface area contributed by atoms with Gasteiger partial charge >= 0.3 is 6.03 Å². The molecular weight excluding hydrogens is 348 g/mol. The highest BCUT2D eigenvalue weighted by Crippen LogP contribution is 2.20. The van der Waals surface area contributed by atoms with Crippen LogP contribution in [0.1, 0.15) is 12.5 Å². The number of hydrogen-bond donors (Lipinski definition) is 2. The van der Waals surface area contributed by atoms with E-state index in [1.54, 1.807) is 31.2 Å². The highest BCUT2D eigenvalue weighted by Gasteiger charge is 2.17. The van der Waals surface area contributed by atoms with Gasteiger partial charge in [0.2, 0.25) is 12.3 Å². The summed E-state index contributed by atoms with van der Waals surface area (Å²) >= 11 is 0. The Balaban J connectivity index is 1.47. The monoisotopic (exact) mass is 366 g/mol. The van der Waals surface area contributed by atoms with Crippen LogP contribution in [0.5, 0.6) is 5.75 Å². The van der Waals surface area contributed by atoms with Crippen molar-refractivity contribution < 1.29 is 18.7 Å². The van der Waals surface area contributed by atoms with Gasteiger partial charge in [0.05, 0.1) is 0 Å². The third-order valence-corrected chi connectivity index (χ3v) is 3.68. The number of nitrogens with one attached hydrogen (secondary N) is 2. The van der Waals surface area contributed by atoms with E-state index in [9.17, 15) is 9.59 Å². The molecule has 0 aliphatic rings. The Morgan fingerprint density at radius 2 is 1.85 bits per heavy atom. The largest absolute Gasteiger partial charge is 0.481 e. The Hall–Kier alpha value is -3.68. The number of amides is 3. The number of urea groups is 1. The Bertz CT molecular complexity index is 880. The molecule has 0 aliphatic heterocycles. The predicted molar refractivity (Wildman–Crippen MR) is 96.6 cm³/mol. The molecule has 0 saturated heterocycles. The first-order valence-corrected chi connectivity index (χ1v) is 8.27. The number of imide groups is 1. The lowest BCUT2D eigenvalue weighted by Crippen LogP contribution is -2.44. The van der Waals surface area contributed by atoms with E-state index in [2.05, 4.69) is 20.8 Å². The van der Waals surface area contributed by atoms with Gasteiger partial charge in [0.15, 0.2) is 6.10 Å². The average Bonchev–Trinajstić information content (AvgIpc) is 3.22. The van der Waals surface area contributed by atoms with Gasteiger partial charge in [-0.2, -0.15) is 0 Å². The summed E-state index contributed by atoms with van der Waals surface area (Å²) in [5.74, 6) is 0.328. The van der Waals surface area contributed by atoms with Crippen molar-refractivity contribution in [3.8, 4) is 17.2 Å². The van der Waals surface area contributed by atoms with Crippen molar-refractivity contribution >= 4 is 11.9 Å². The van der Waals surface area contributed by atoms with Crippen LogP contribution in [-0.2, 0) is 11.3 Å². The molecular formula is C19H18N4O4. The first-order chi connectivity index (χ1) is 13.1. The lowest BCUT2D eigenvalue weighted by molar-refractivity contribution is -0.126. The molecule has 0 radical (unpaired) electrons. The van der Waals surface area contributed by atoms with Crippen molar-refractivity contribution in [2.75, 3.05) is 0 Å². The minimum atomic E-state index is -0.846. The SMILES string of the molecule is C[C@@H](Oc1ccc(-c2nnco2)cc1)C(=O)NC(=O)NCc1ccccc1. The van der Waals surface area contributed by atoms with Gasteiger partial charge in [0, 0.05) is 12.1 Å². The molecule has 1 atom stereocenters. The van der Waals surface area contributed by atoms with Crippen molar-refractivity contribution in [2.45, 2.75) is 19.6 Å². The topological polar surface area (TPSA) is 106 Å². The maximum absolute atomic E-state index is 12.1. The molecule has 0 aliphatic carbocycles. The van der Waals surface area contributed by atoms with Crippen LogP contribution < -0.4 is 15.4 Å². The van der Waals surface area contributed by atoms with Crippen molar-refractivity contribution in [1.29, 1.82) is 0 Å². The predicted octanol–water partition coefficient (Wildman–Crippen LogP) is 2.53. The van der Waals surface area contributed by atoms with Crippen molar-refractivity contribution in [2.24, 2.45) is 0 Å². The molecule has 1 heterocycles. The first kappa shape index (κ1) is 18.1. The standard InChI is InChI=1S/C19H18N4O4/c1-13(17(24)22-19(25)20-11-14-5-3-2-4-6-14)27-16-9-7-15(8-10-16)18-23-21-12-26-18/h2-10,12-13H,11H2,1H3,(H2,20,22,24,25)/t13-/m1/s1. The summed E-state index contributed by atoms with van der Waals surface area (Å²) in [5.41, 5.74) is 1.67. The lowest BCUT2D eigenvalue weighted by Gasteiger charge is -2.14. The first-order valence-electron chi connectivity index (χ1n) is 8.27. The van der Waals surface area contributed by atoms with Gasteiger partial charge < -0.3 is 14.5 Å². The maximum Gasteiger partial charge on any atom is 0.321 e. The third-order valence-electron chi connectivity index (χ3n) is 3.68. The minimum Gasteiger partial charge on any atom is -0.481 e. The van der Waals surface area contributed by atoms with E-state index in [4.69, 9.17) is 9.15 Å². The molecule has 0 fully saturated rings. The second-order valence-corrected chi connectivity index (χ2v) is 5.69. The molecule has 0 spiro atoms. The van der Waals surface area contributed by atoms with E-state index >= 15 is 0 Å². The van der Waals surface area contributed by atoms with Crippen molar-refractivity contribution in [1.82, 2.24) is 20.8 Å². The van der Waals surface area contributed by atoms with Gasteiger partial charge in [-0.05, 0) is 36.8 Å². The van der Waals surface area contributed by atoms with E-state index in [0.29, 0.717) is 18.2 Å². The van der Waals surface area contributed by atoms with E-state index in [1.165, 1.54) is 6.39 Å². The number of ether oxygens (including phenoxy) is 1. The molecule has 0 saturated carbocycles. The molecule has 3 aromatic rings. The number of nitrogens with zero attached hydrogens (tertiary/aromatic N) is 2. The highest BCUT2D eigenvalue weighted by molar-refractivity contribution is 5.96. The summed E-state index contributed by atoms with van der Waals surface area (Å²) in [7, 11) is 0.